The molecular formula is C16H19N3O2. The van der Waals surface area contributed by atoms with E-state index in [4.69, 9.17) is 4.74 Å². The van der Waals surface area contributed by atoms with Gasteiger partial charge in [-0.25, -0.2) is 0 Å². The number of aryl methyl sites for hydroxylation is 1. The second kappa shape index (κ2) is 5.69. The molecule has 0 N–H and O–H groups in total. The van der Waals surface area contributed by atoms with Crippen molar-refractivity contribution in [1.29, 1.82) is 0 Å². The van der Waals surface area contributed by atoms with Crippen LogP contribution in [-0.2, 0) is 29.4 Å². The van der Waals surface area contributed by atoms with Crippen LogP contribution in [0.5, 0.6) is 0 Å². The van der Waals surface area contributed by atoms with Crippen LogP contribution in [0.15, 0.2) is 36.7 Å². The fourth-order valence-corrected chi connectivity index (χ4v) is 2.79. The van der Waals surface area contributed by atoms with Gasteiger partial charge >= 0.3 is 0 Å². The van der Waals surface area contributed by atoms with Crippen LogP contribution in [-0.4, -0.2) is 35.4 Å². The lowest BCUT2D eigenvalue weighted by Gasteiger charge is -2.34. The molecule has 0 unspecified atom stereocenters. The summed E-state index contributed by atoms with van der Waals surface area (Å²) in [6.07, 6.45) is 4.88. The molecule has 21 heavy (non-hydrogen) atoms. The second-order valence-corrected chi connectivity index (χ2v) is 5.39. The molecule has 2 aromatic rings. The van der Waals surface area contributed by atoms with Gasteiger partial charge in [0.05, 0.1) is 25.3 Å². The Hall–Kier alpha value is -2.14. The van der Waals surface area contributed by atoms with Gasteiger partial charge in [0.2, 0.25) is 5.91 Å². The maximum atomic E-state index is 12.6. The maximum absolute atomic E-state index is 12.6. The molecule has 5 nitrogen and oxygen atoms in total. The van der Waals surface area contributed by atoms with Gasteiger partial charge in [0, 0.05) is 32.5 Å². The Bertz CT molecular complexity index is 650. The Labute approximate surface area is 124 Å². The lowest BCUT2D eigenvalue weighted by molar-refractivity contribution is -0.118. The van der Waals surface area contributed by atoms with E-state index in [2.05, 4.69) is 11.2 Å². The summed E-state index contributed by atoms with van der Waals surface area (Å²) >= 11 is 0. The molecule has 0 aliphatic carbocycles. The van der Waals surface area contributed by atoms with E-state index >= 15 is 0 Å². The van der Waals surface area contributed by atoms with Gasteiger partial charge in [-0.2, -0.15) is 5.10 Å². The van der Waals surface area contributed by atoms with Crippen molar-refractivity contribution in [2.24, 2.45) is 7.05 Å². The average molecular weight is 285 g/mol. The number of rotatable bonds is 3. The lowest BCUT2D eigenvalue weighted by atomic mass is 9.99. The third kappa shape index (κ3) is 2.83. The molecule has 2 heterocycles. The molecule has 1 amide bonds. The number of carbonyl (C=O) groups is 1. The summed E-state index contributed by atoms with van der Waals surface area (Å²) in [5, 5.41) is 4.11. The third-order valence-electron chi connectivity index (χ3n) is 3.86. The number of methoxy groups -OCH3 is 1. The van der Waals surface area contributed by atoms with Crippen LogP contribution in [0.25, 0.3) is 0 Å². The van der Waals surface area contributed by atoms with E-state index in [0.717, 1.165) is 23.2 Å². The van der Waals surface area contributed by atoms with E-state index in [1.54, 1.807) is 18.0 Å². The molecule has 1 aromatic carbocycles. The average Bonchev–Trinajstić information content (AvgIpc) is 2.91. The van der Waals surface area contributed by atoms with Crippen molar-refractivity contribution in [2.45, 2.75) is 18.9 Å². The summed E-state index contributed by atoms with van der Waals surface area (Å²) in [6.45, 7) is 0.604. The highest BCUT2D eigenvalue weighted by Crippen LogP contribution is 2.28. The van der Waals surface area contributed by atoms with Crippen LogP contribution in [0.3, 0.4) is 0 Å². The summed E-state index contributed by atoms with van der Waals surface area (Å²) in [4.78, 5) is 14.5. The van der Waals surface area contributed by atoms with Crippen LogP contribution in [0.1, 0.15) is 11.1 Å². The van der Waals surface area contributed by atoms with E-state index in [1.807, 2.05) is 36.3 Å². The van der Waals surface area contributed by atoms with Crippen molar-refractivity contribution in [3.05, 3.63) is 47.8 Å². The van der Waals surface area contributed by atoms with Crippen LogP contribution < -0.4 is 4.90 Å². The van der Waals surface area contributed by atoms with E-state index < -0.39 is 0 Å². The molecule has 1 aliphatic rings. The Kier molecular flexibility index (Phi) is 3.75. The first-order valence-corrected chi connectivity index (χ1v) is 7.06. The number of nitrogens with zero attached hydrogens (tertiary/aromatic N) is 3. The van der Waals surface area contributed by atoms with Gasteiger partial charge in [-0.1, -0.05) is 18.2 Å². The Morgan fingerprint density at radius 1 is 1.43 bits per heavy atom. The van der Waals surface area contributed by atoms with Crippen LogP contribution in [0, 0.1) is 0 Å². The summed E-state index contributed by atoms with van der Waals surface area (Å²) in [6, 6.07) is 8.03. The predicted molar refractivity (Wildman–Crippen MR) is 80.2 cm³/mol. The number of hydrogen-bond acceptors (Lipinski definition) is 3. The number of benzene rings is 1. The molecule has 5 heteroatoms. The molecule has 0 fully saturated rings. The van der Waals surface area contributed by atoms with Gasteiger partial charge in [0.1, 0.15) is 0 Å². The zero-order valence-electron chi connectivity index (χ0n) is 12.3. The zero-order valence-corrected chi connectivity index (χ0v) is 12.3. The number of fused-ring (bicyclic) bond motifs is 1. The fraction of sp³-hybridized carbons (Fsp3) is 0.375. The molecule has 1 atom stereocenters. The molecule has 0 bridgehead atoms. The van der Waals surface area contributed by atoms with Crippen molar-refractivity contribution < 1.29 is 9.53 Å². The topological polar surface area (TPSA) is 47.4 Å². The molecule has 0 radical (unpaired) electrons. The number of carbonyl (C=O) groups excluding carboxylic acids is 1. The predicted octanol–water partition coefficient (Wildman–Crippen LogP) is 1.57. The number of aromatic nitrogens is 2. The number of amides is 1. The largest absolute Gasteiger partial charge is 0.379 e. The Balaban J connectivity index is 1.84. The number of hydrogen-bond donors (Lipinski definition) is 0. The van der Waals surface area contributed by atoms with Crippen molar-refractivity contribution >= 4 is 11.6 Å². The first-order chi connectivity index (χ1) is 10.2. The molecule has 0 saturated heterocycles. The first kappa shape index (κ1) is 13.8. The second-order valence-electron chi connectivity index (χ2n) is 5.39. The minimum atomic E-state index is 0.0535. The van der Waals surface area contributed by atoms with Gasteiger partial charge in [-0.15, -0.1) is 0 Å². The van der Waals surface area contributed by atoms with Gasteiger partial charge in [0.15, 0.2) is 0 Å². The maximum Gasteiger partial charge on any atom is 0.231 e. The van der Waals surface area contributed by atoms with Crippen LogP contribution in [0.2, 0.25) is 0 Å². The molecule has 110 valence electrons. The van der Waals surface area contributed by atoms with E-state index in [1.165, 1.54) is 0 Å². The summed E-state index contributed by atoms with van der Waals surface area (Å²) in [7, 11) is 3.55. The van der Waals surface area contributed by atoms with Gasteiger partial charge in [-0.3, -0.25) is 9.48 Å². The van der Waals surface area contributed by atoms with E-state index in [-0.39, 0.29) is 12.0 Å². The zero-order chi connectivity index (χ0) is 14.8. The third-order valence-corrected chi connectivity index (χ3v) is 3.86. The minimum Gasteiger partial charge on any atom is -0.379 e. The van der Waals surface area contributed by atoms with E-state index in [0.29, 0.717) is 13.0 Å². The monoisotopic (exact) mass is 285 g/mol. The molecule has 1 aromatic heterocycles. The number of anilines is 1. The summed E-state index contributed by atoms with van der Waals surface area (Å²) in [5.41, 5.74) is 3.09. The fourth-order valence-electron chi connectivity index (χ4n) is 2.79. The standard InChI is InChI=1S/C16H19N3O2/c1-18-10-12(9-17-18)7-16(20)19-11-14(21-2)8-13-5-3-4-6-15(13)19/h3-6,9-10,14H,7-8,11H2,1-2H3/t14-/m0/s1. The number of para-hydroxylation sites is 1. The highest BCUT2D eigenvalue weighted by molar-refractivity contribution is 5.96. The van der Waals surface area contributed by atoms with Crippen LogP contribution in [0.4, 0.5) is 5.69 Å². The van der Waals surface area contributed by atoms with Crippen molar-refractivity contribution in [1.82, 2.24) is 9.78 Å². The van der Waals surface area contributed by atoms with Crippen molar-refractivity contribution in [3.63, 3.8) is 0 Å². The number of ether oxygens (including phenoxy) is 1. The lowest BCUT2D eigenvalue weighted by Crippen LogP contribution is -2.43. The molecule has 3 rings (SSSR count). The van der Waals surface area contributed by atoms with E-state index in [9.17, 15) is 4.79 Å². The van der Waals surface area contributed by atoms with Gasteiger partial charge < -0.3 is 9.64 Å². The smallest absolute Gasteiger partial charge is 0.231 e. The SMILES string of the molecule is CO[C@H]1Cc2ccccc2N(C(=O)Cc2cnn(C)c2)C1. The Morgan fingerprint density at radius 2 is 2.24 bits per heavy atom. The summed E-state index contributed by atoms with van der Waals surface area (Å²) in [5.74, 6) is 0.0807. The Morgan fingerprint density at radius 3 is 2.95 bits per heavy atom. The summed E-state index contributed by atoms with van der Waals surface area (Å²) < 4.78 is 7.19. The van der Waals surface area contributed by atoms with Crippen molar-refractivity contribution in [2.75, 3.05) is 18.6 Å². The quantitative estimate of drug-likeness (QED) is 0.860. The van der Waals surface area contributed by atoms with Gasteiger partial charge in [-0.05, 0) is 17.2 Å². The molecule has 0 spiro atoms. The van der Waals surface area contributed by atoms with Gasteiger partial charge in [0.25, 0.3) is 0 Å². The normalized spacial score (nSPS) is 17.6. The van der Waals surface area contributed by atoms with Crippen molar-refractivity contribution in [3.8, 4) is 0 Å². The highest BCUT2D eigenvalue weighted by atomic mass is 16.5. The molecular weight excluding hydrogens is 266 g/mol. The minimum absolute atomic E-state index is 0.0535. The highest BCUT2D eigenvalue weighted by Gasteiger charge is 2.28. The first-order valence-electron chi connectivity index (χ1n) is 7.06. The molecule has 1 aliphatic heterocycles. The molecule has 0 saturated carbocycles. The van der Waals surface area contributed by atoms with Crippen LogP contribution >= 0.6 is 0 Å².